The average molecular weight is 265 g/mol. The molecule has 0 aromatic carbocycles. The Balaban J connectivity index is 1.86. The Morgan fingerprint density at radius 1 is 1.50 bits per heavy atom. The quantitative estimate of drug-likeness (QED) is 0.910. The normalized spacial score (nSPS) is 32.9. The van der Waals surface area contributed by atoms with E-state index >= 15 is 0 Å². The molecule has 3 heterocycles. The lowest BCUT2D eigenvalue weighted by Crippen LogP contribution is -2.55. The van der Waals surface area contributed by atoms with Crippen molar-refractivity contribution in [3.8, 4) is 0 Å². The minimum atomic E-state index is 0.133. The molecule has 0 radical (unpaired) electrons. The summed E-state index contributed by atoms with van der Waals surface area (Å²) in [6.07, 6.45) is 7.13. The lowest BCUT2D eigenvalue weighted by molar-refractivity contribution is 0.0986. The van der Waals surface area contributed by atoms with Crippen molar-refractivity contribution in [2.24, 2.45) is 0 Å². The molecular weight excluding hydrogens is 242 g/mol. The third kappa shape index (κ3) is 2.22. The summed E-state index contributed by atoms with van der Waals surface area (Å²) < 4.78 is 0. The Labute approximate surface area is 114 Å². The van der Waals surface area contributed by atoms with Gasteiger partial charge in [0, 0.05) is 30.2 Å². The summed E-state index contributed by atoms with van der Waals surface area (Å²) in [5.41, 5.74) is 0.133. The molecule has 2 atom stereocenters. The van der Waals surface area contributed by atoms with Crippen molar-refractivity contribution in [3.05, 3.63) is 16.6 Å². The number of thiazole rings is 1. The highest BCUT2D eigenvalue weighted by Crippen LogP contribution is 2.40. The first-order valence-electron chi connectivity index (χ1n) is 7.11. The standard InChI is InChI=1S/C14H23N3S/c1-11(2)16-14(13-15-6-9-18-13)5-8-17-7-3-4-12(17)10-14/h6,9,11-12,16H,3-5,7-8,10H2,1-2H3. The summed E-state index contributed by atoms with van der Waals surface area (Å²) in [6.45, 7) is 7.02. The molecule has 2 aliphatic rings. The van der Waals surface area contributed by atoms with Crippen LogP contribution < -0.4 is 5.32 Å². The highest BCUT2D eigenvalue weighted by atomic mass is 32.1. The minimum Gasteiger partial charge on any atom is -0.303 e. The molecule has 0 aliphatic carbocycles. The fourth-order valence-electron chi connectivity index (χ4n) is 3.66. The van der Waals surface area contributed by atoms with E-state index < -0.39 is 0 Å². The van der Waals surface area contributed by atoms with Crippen LogP contribution in [-0.2, 0) is 5.54 Å². The molecule has 3 rings (SSSR count). The molecule has 0 spiro atoms. The maximum absolute atomic E-state index is 4.62. The van der Waals surface area contributed by atoms with Gasteiger partial charge in [-0.15, -0.1) is 11.3 Å². The Hall–Kier alpha value is -0.450. The van der Waals surface area contributed by atoms with E-state index in [1.165, 1.54) is 43.8 Å². The van der Waals surface area contributed by atoms with Crippen LogP contribution in [0.4, 0.5) is 0 Å². The Morgan fingerprint density at radius 3 is 3.11 bits per heavy atom. The predicted octanol–water partition coefficient (Wildman–Crippen LogP) is 2.59. The first-order chi connectivity index (χ1) is 8.70. The van der Waals surface area contributed by atoms with Crippen LogP contribution in [0.1, 0.15) is 44.5 Å². The molecule has 3 nitrogen and oxygen atoms in total. The molecule has 0 bridgehead atoms. The number of nitrogens with one attached hydrogen (secondary N) is 1. The Bertz CT molecular complexity index is 390. The van der Waals surface area contributed by atoms with Gasteiger partial charge in [0.05, 0.1) is 5.54 Å². The third-order valence-electron chi connectivity index (χ3n) is 4.32. The molecule has 2 saturated heterocycles. The van der Waals surface area contributed by atoms with E-state index in [1.54, 1.807) is 0 Å². The molecule has 4 heteroatoms. The molecule has 0 saturated carbocycles. The van der Waals surface area contributed by atoms with Crippen LogP contribution >= 0.6 is 11.3 Å². The number of hydrogen-bond donors (Lipinski definition) is 1. The highest BCUT2D eigenvalue weighted by molar-refractivity contribution is 7.09. The van der Waals surface area contributed by atoms with E-state index in [2.05, 4.69) is 34.4 Å². The Kier molecular flexibility index (Phi) is 3.43. The zero-order valence-electron chi connectivity index (χ0n) is 11.4. The summed E-state index contributed by atoms with van der Waals surface area (Å²) in [7, 11) is 0. The molecule has 2 fully saturated rings. The summed E-state index contributed by atoms with van der Waals surface area (Å²) >= 11 is 1.81. The largest absolute Gasteiger partial charge is 0.303 e. The van der Waals surface area contributed by atoms with E-state index in [0.29, 0.717) is 6.04 Å². The molecule has 1 N–H and O–H groups in total. The van der Waals surface area contributed by atoms with Gasteiger partial charge in [0.2, 0.25) is 0 Å². The molecule has 1 aromatic heterocycles. The minimum absolute atomic E-state index is 0.133. The first-order valence-corrected chi connectivity index (χ1v) is 7.99. The van der Waals surface area contributed by atoms with Crippen LogP contribution in [0, 0.1) is 0 Å². The zero-order valence-corrected chi connectivity index (χ0v) is 12.2. The second-order valence-corrected chi connectivity index (χ2v) is 6.90. The lowest BCUT2D eigenvalue weighted by atomic mass is 9.83. The average Bonchev–Trinajstić information content (AvgIpc) is 2.98. The van der Waals surface area contributed by atoms with Gasteiger partial charge < -0.3 is 10.2 Å². The monoisotopic (exact) mass is 265 g/mol. The van der Waals surface area contributed by atoms with Gasteiger partial charge in [-0.1, -0.05) is 0 Å². The van der Waals surface area contributed by atoms with E-state index in [-0.39, 0.29) is 5.54 Å². The highest BCUT2D eigenvalue weighted by Gasteiger charge is 2.44. The molecule has 18 heavy (non-hydrogen) atoms. The number of nitrogens with zero attached hydrogens (tertiary/aromatic N) is 2. The summed E-state index contributed by atoms with van der Waals surface area (Å²) in [4.78, 5) is 7.29. The van der Waals surface area contributed by atoms with Gasteiger partial charge >= 0.3 is 0 Å². The van der Waals surface area contributed by atoms with Crippen molar-refractivity contribution in [2.75, 3.05) is 13.1 Å². The SMILES string of the molecule is CC(C)NC1(c2nccs2)CCN2CCCC2C1. The maximum atomic E-state index is 4.62. The maximum Gasteiger partial charge on any atom is 0.113 e. The van der Waals surface area contributed by atoms with Gasteiger partial charge in [0.25, 0.3) is 0 Å². The number of aromatic nitrogens is 1. The molecule has 0 amide bonds. The van der Waals surface area contributed by atoms with Crippen molar-refractivity contribution < 1.29 is 0 Å². The second kappa shape index (κ2) is 4.91. The van der Waals surface area contributed by atoms with Crippen LogP contribution in [0.25, 0.3) is 0 Å². The van der Waals surface area contributed by atoms with Gasteiger partial charge in [-0.25, -0.2) is 4.98 Å². The van der Waals surface area contributed by atoms with Gasteiger partial charge in [-0.05, 0) is 46.1 Å². The van der Waals surface area contributed by atoms with Gasteiger partial charge in [0.15, 0.2) is 0 Å². The number of piperidine rings is 1. The predicted molar refractivity (Wildman–Crippen MR) is 75.9 cm³/mol. The fourth-order valence-corrected chi connectivity index (χ4v) is 4.50. The fraction of sp³-hybridized carbons (Fsp3) is 0.786. The van der Waals surface area contributed by atoms with E-state index in [9.17, 15) is 0 Å². The number of rotatable bonds is 3. The molecular formula is C14H23N3S. The van der Waals surface area contributed by atoms with Crippen molar-refractivity contribution in [3.63, 3.8) is 0 Å². The summed E-state index contributed by atoms with van der Waals surface area (Å²) in [5.74, 6) is 0. The van der Waals surface area contributed by atoms with Gasteiger partial charge in [-0.3, -0.25) is 0 Å². The van der Waals surface area contributed by atoms with E-state index in [0.717, 1.165) is 6.04 Å². The lowest BCUT2D eigenvalue weighted by Gasteiger charge is -2.44. The second-order valence-electron chi connectivity index (χ2n) is 6.00. The third-order valence-corrected chi connectivity index (χ3v) is 5.29. The number of fused-ring (bicyclic) bond motifs is 1. The molecule has 1 aromatic rings. The van der Waals surface area contributed by atoms with Crippen molar-refractivity contribution in [2.45, 2.75) is 57.2 Å². The smallest absolute Gasteiger partial charge is 0.113 e. The van der Waals surface area contributed by atoms with Crippen LogP contribution in [0.2, 0.25) is 0 Å². The molecule has 2 unspecified atom stereocenters. The van der Waals surface area contributed by atoms with Gasteiger partial charge in [-0.2, -0.15) is 0 Å². The first kappa shape index (κ1) is 12.6. The van der Waals surface area contributed by atoms with Crippen molar-refractivity contribution in [1.29, 1.82) is 0 Å². The summed E-state index contributed by atoms with van der Waals surface area (Å²) in [5, 5.41) is 7.24. The molecule has 100 valence electrons. The molecule has 2 aliphatic heterocycles. The van der Waals surface area contributed by atoms with Crippen molar-refractivity contribution >= 4 is 11.3 Å². The van der Waals surface area contributed by atoms with Gasteiger partial charge in [0.1, 0.15) is 5.01 Å². The van der Waals surface area contributed by atoms with E-state index in [4.69, 9.17) is 0 Å². The van der Waals surface area contributed by atoms with Crippen LogP contribution in [0.5, 0.6) is 0 Å². The van der Waals surface area contributed by atoms with Crippen LogP contribution in [-0.4, -0.2) is 35.1 Å². The van der Waals surface area contributed by atoms with E-state index in [1.807, 2.05) is 17.5 Å². The number of hydrogen-bond acceptors (Lipinski definition) is 4. The van der Waals surface area contributed by atoms with Crippen LogP contribution in [0.15, 0.2) is 11.6 Å². The topological polar surface area (TPSA) is 28.2 Å². The Morgan fingerprint density at radius 2 is 2.39 bits per heavy atom. The summed E-state index contributed by atoms with van der Waals surface area (Å²) in [6, 6.07) is 1.29. The van der Waals surface area contributed by atoms with Crippen LogP contribution in [0.3, 0.4) is 0 Å². The van der Waals surface area contributed by atoms with Crippen molar-refractivity contribution in [1.82, 2.24) is 15.2 Å². The zero-order chi connectivity index (χ0) is 12.6.